The molecule has 1 aliphatic heterocycles. The third-order valence-electron chi connectivity index (χ3n) is 5.78. The van der Waals surface area contributed by atoms with Crippen LogP contribution in [0.4, 0.5) is 20.7 Å². The molecule has 184 valence electrons. The van der Waals surface area contributed by atoms with Crippen LogP contribution >= 0.6 is 0 Å². The zero-order valence-electron chi connectivity index (χ0n) is 19.9. The number of ether oxygens (including phenoxy) is 2. The summed E-state index contributed by atoms with van der Waals surface area (Å²) >= 11 is 0. The van der Waals surface area contributed by atoms with Crippen LogP contribution in [0.3, 0.4) is 0 Å². The van der Waals surface area contributed by atoms with E-state index in [0.717, 1.165) is 33.7 Å². The van der Waals surface area contributed by atoms with Gasteiger partial charge in [0.2, 0.25) is 0 Å². The first-order chi connectivity index (χ1) is 17.5. The Kier molecular flexibility index (Phi) is 6.11. The van der Waals surface area contributed by atoms with Crippen molar-refractivity contribution < 1.29 is 23.5 Å². The Morgan fingerprint density at radius 2 is 1.97 bits per heavy atom. The highest BCUT2D eigenvalue weighted by molar-refractivity contribution is 6.10. The number of oxime groups is 1. The maximum absolute atomic E-state index is 14.0. The SMILES string of the molecule is COC(=O)Nc1ccc(-c2cnc3c(C)cc(C4=NOCCN4c4ccc(F)c(OC)c4)cn23)cn1. The summed E-state index contributed by atoms with van der Waals surface area (Å²) in [5, 5.41) is 6.86. The van der Waals surface area contributed by atoms with E-state index in [0.29, 0.717) is 24.8 Å². The van der Waals surface area contributed by atoms with Crippen LogP contribution in [-0.2, 0) is 9.57 Å². The first kappa shape index (κ1) is 23.1. The monoisotopic (exact) mass is 490 g/mol. The van der Waals surface area contributed by atoms with Gasteiger partial charge in [-0.25, -0.2) is 19.2 Å². The molecule has 5 rings (SSSR count). The molecule has 0 saturated heterocycles. The lowest BCUT2D eigenvalue weighted by molar-refractivity contribution is 0.142. The molecule has 0 saturated carbocycles. The number of amides is 1. The van der Waals surface area contributed by atoms with Crippen molar-refractivity contribution in [1.29, 1.82) is 0 Å². The second kappa shape index (κ2) is 9.53. The maximum atomic E-state index is 14.0. The van der Waals surface area contributed by atoms with Gasteiger partial charge < -0.3 is 19.2 Å². The number of aryl methyl sites for hydroxylation is 1. The highest BCUT2D eigenvalue weighted by atomic mass is 19.1. The van der Waals surface area contributed by atoms with Crippen molar-refractivity contribution in [1.82, 2.24) is 14.4 Å². The Hall–Kier alpha value is -4.67. The molecule has 0 radical (unpaired) electrons. The average Bonchev–Trinajstić information content (AvgIpc) is 3.34. The molecular formula is C25H23FN6O4. The molecule has 1 amide bonds. The fourth-order valence-electron chi connectivity index (χ4n) is 4.04. The van der Waals surface area contributed by atoms with Crippen LogP contribution in [0.15, 0.2) is 60.1 Å². The quantitative estimate of drug-likeness (QED) is 0.447. The second-order valence-electron chi connectivity index (χ2n) is 8.02. The molecular weight excluding hydrogens is 467 g/mol. The molecule has 3 aromatic heterocycles. The van der Waals surface area contributed by atoms with Crippen molar-refractivity contribution in [2.45, 2.75) is 6.92 Å². The number of pyridine rings is 2. The van der Waals surface area contributed by atoms with Gasteiger partial charge in [0.15, 0.2) is 17.4 Å². The molecule has 1 N–H and O–H groups in total. The number of anilines is 2. The van der Waals surface area contributed by atoms with Crippen molar-refractivity contribution in [2.24, 2.45) is 5.16 Å². The zero-order valence-corrected chi connectivity index (χ0v) is 19.9. The minimum Gasteiger partial charge on any atom is -0.494 e. The van der Waals surface area contributed by atoms with Crippen molar-refractivity contribution in [3.63, 3.8) is 0 Å². The minimum atomic E-state index is -0.593. The number of benzene rings is 1. The van der Waals surface area contributed by atoms with Gasteiger partial charge in [-0.1, -0.05) is 5.16 Å². The van der Waals surface area contributed by atoms with Crippen molar-refractivity contribution >= 4 is 29.1 Å². The summed E-state index contributed by atoms with van der Waals surface area (Å²) in [6.07, 6.45) is 4.74. The number of hydrogen-bond donors (Lipinski definition) is 1. The van der Waals surface area contributed by atoms with E-state index in [2.05, 4.69) is 25.2 Å². The van der Waals surface area contributed by atoms with Crippen molar-refractivity contribution in [3.05, 3.63) is 71.9 Å². The summed E-state index contributed by atoms with van der Waals surface area (Å²) in [5.74, 6) is 0.667. The Labute approximate surface area is 205 Å². The summed E-state index contributed by atoms with van der Waals surface area (Å²) in [5.41, 5.74) is 4.84. The summed E-state index contributed by atoms with van der Waals surface area (Å²) in [7, 11) is 2.72. The number of nitrogens with zero attached hydrogens (tertiary/aromatic N) is 5. The predicted molar refractivity (Wildman–Crippen MR) is 132 cm³/mol. The first-order valence-corrected chi connectivity index (χ1v) is 11.1. The second-order valence-corrected chi connectivity index (χ2v) is 8.02. The minimum absolute atomic E-state index is 0.152. The lowest BCUT2D eigenvalue weighted by Gasteiger charge is -2.29. The molecule has 0 unspecified atom stereocenters. The van der Waals surface area contributed by atoms with Crippen LogP contribution in [0.2, 0.25) is 0 Å². The Balaban J connectivity index is 1.54. The molecule has 0 atom stereocenters. The van der Waals surface area contributed by atoms with Crippen LogP contribution in [0.5, 0.6) is 5.75 Å². The lowest BCUT2D eigenvalue weighted by Crippen LogP contribution is -2.38. The highest BCUT2D eigenvalue weighted by Gasteiger charge is 2.23. The number of rotatable bonds is 5. The molecule has 0 aliphatic carbocycles. The first-order valence-electron chi connectivity index (χ1n) is 11.1. The molecule has 0 bridgehead atoms. The van der Waals surface area contributed by atoms with Crippen LogP contribution < -0.4 is 15.0 Å². The maximum Gasteiger partial charge on any atom is 0.412 e. The largest absolute Gasteiger partial charge is 0.494 e. The van der Waals surface area contributed by atoms with Gasteiger partial charge in [0, 0.05) is 35.3 Å². The number of carbonyl (C=O) groups is 1. The van der Waals surface area contributed by atoms with E-state index in [1.807, 2.05) is 34.6 Å². The average molecular weight is 490 g/mol. The number of aromatic nitrogens is 3. The molecule has 36 heavy (non-hydrogen) atoms. The summed E-state index contributed by atoms with van der Waals surface area (Å²) in [6, 6.07) is 10.2. The molecule has 1 aromatic carbocycles. The van der Waals surface area contributed by atoms with Gasteiger partial charge in [-0.05, 0) is 42.8 Å². The normalized spacial score (nSPS) is 13.2. The third kappa shape index (κ3) is 4.26. The number of methoxy groups -OCH3 is 2. The zero-order chi connectivity index (χ0) is 25.2. The Morgan fingerprint density at radius 1 is 1.11 bits per heavy atom. The smallest absolute Gasteiger partial charge is 0.412 e. The third-order valence-corrected chi connectivity index (χ3v) is 5.78. The van der Waals surface area contributed by atoms with Gasteiger partial charge >= 0.3 is 6.09 Å². The van der Waals surface area contributed by atoms with E-state index < -0.39 is 11.9 Å². The standard InChI is InChI=1S/C25H23FN6O4/c1-15-10-17(24-30-36-9-8-31(24)18-5-6-19(26)21(11-18)34-2)14-32-20(13-28-23(15)32)16-4-7-22(27-12-16)29-25(33)35-3/h4-7,10-14H,8-9H2,1-3H3,(H,27,29,33). The number of halogens is 1. The van der Waals surface area contributed by atoms with Gasteiger partial charge in [0.1, 0.15) is 18.1 Å². The van der Waals surface area contributed by atoms with E-state index in [4.69, 9.17) is 9.57 Å². The Morgan fingerprint density at radius 3 is 2.72 bits per heavy atom. The van der Waals surface area contributed by atoms with Crippen LogP contribution in [0.25, 0.3) is 16.9 Å². The van der Waals surface area contributed by atoms with Gasteiger partial charge in [-0.3, -0.25) is 9.72 Å². The number of imidazole rings is 1. The van der Waals surface area contributed by atoms with Crippen molar-refractivity contribution in [3.8, 4) is 17.0 Å². The molecule has 0 spiro atoms. The van der Waals surface area contributed by atoms with Crippen molar-refractivity contribution in [2.75, 3.05) is 37.6 Å². The molecule has 0 fully saturated rings. The van der Waals surface area contributed by atoms with E-state index in [1.165, 1.54) is 20.3 Å². The van der Waals surface area contributed by atoms with Gasteiger partial charge in [-0.2, -0.15) is 0 Å². The van der Waals surface area contributed by atoms with Gasteiger partial charge in [0.25, 0.3) is 0 Å². The van der Waals surface area contributed by atoms with Crippen LogP contribution in [0, 0.1) is 12.7 Å². The van der Waals surface area contributed by atoms with E-state index in [-0.39, 0.29) is 5.75 Å². The van der Waals surface area contributed by atoms with E-state index in [9.17, 15) is 9.18 Å². The summed E-state index contributed by atoms with van der Waals surface area (Å²) in [6.45, 7) is 2.88. The number of hydrogen-bond acceptors (Lipinski definition) is 8. The fourth-order valence-corrected chi connectivity index (χ4v) is 4.04. The molecule has 4 aromatic rings. The Bertz CT molecular complexity index is 1470. The molecule has 11 heteroatoms. The number of carbonyl (C=O) groups excluding carboxylic acids is 1. The highest BCUT2D eigenvalue weighted by Crippen LogP contribution is 2.29. The number of nitrogens with one attached hydrogen (secondary N) is 1. The topological polar surface area (TPSA) is 103 Å². The molecule has 1 aliphatic rings. The number of fused-ring (bicyclic) bond motifs is 1. The fraction of sp³-hybridized carbons (Fsp3) is 0.200. The summed E-state index contributed by atoms with van der Waals surface area (Å²) in [4.78, 5) is 27.7. The van der Waals surface area contributed by atoms with Gasteiger partial charge in [0.05, 0.1) is 32.7 Å². The molecule has 4 heterocycles. The van der Waals surface area contributed by atoms with Gasteiger partial charge in [-0.15, -0.1) is 0 Å². The van der Waals surface area contributed by atoms with E-state index in [1.54, 1.807) is 30.6 Å². The predicted octanol–water partition coefficient (Wildman–Crippen LogP) is 4.23. The van der Waals surface area contributed by atoms with E-state index >= 15 is 0 Å². The van der Waals surface area contributed by atoms with Crippen LogP contribution in [-0.4, -0.2) is 53.7 Å². The molecule has 10 nitrogen and oxygen atoms in total. The number of amidine groups is 1. The summed E-state index contributed by atoms with van der Waals surface area (Å²) < 4.78 is 25.7. The van der Waals surface area contributed by atoms with Crippen LogP contribution in [0.1, 0.15) is 11.1 Å². The lowest BCUT2D eigenvalue weighted by atomic mass is 10.1.